The number of ether oxygens (including phenoxy) is 3. The van der Waals surface area contributed by atoms with E-state index < -0.39 is 59.1 Å². The van der Waals surface area contributed by atoms with Crippen LogP contribution in [0.1, 0.15) is 37.9 Å². The van der Waals surface area contributed by atoms with Crippen LogP contribution >= 0.6 is 0 Å². The van der Waals surface area contributed by atoms with E-state index in [9.17, 15) is 41.2 Å². The van der Waals surface area contributed by atoms with Crippen LogP contribution in [-0.4, -0.2) is 78.8 Å². The van der Waals surface area contributed by atoms with Crippen LogP contribution in [-0.2, 0) is 44.8 Å². The minimum atomic E-state index is -4.72. The lowest BCUT2D eigenvalue weighted by Crippen LogP contribution is -2.52. The summed E-state index contributed by atoms with van der Waals surface area (Å²) in [5, 5.41) is 20.1. The molecular formula is C30H33F3N6O10S. The zero-order valence-electron chi connectivity index (χ0n) is 27.0. The van der Waals surface area contributed by atoms with Crippen molar-refractivity contribution in [3.8, 4) is 16.9 Å². The molecule has 1 unspecified atom stereocenters. The molecule has 1 N–H and O–H groups in total. The smallest absolute Gasteiger partial charge is 0.511 e. The average Bonchev–Trinajstić information content (AvgIpc) is 3.49. The first-order chi connectivity index (χ1) is 23.5. The average molecular weight is 727 g/mol. The lowest BCUT2D eigenvalue weighted by molar-refractivity contribution is -0.728. The number of sulfonamides is 1. The second-order valence-electron chi connectivity index (χ2n) is 10.9. The molecule has 0 bridgehead atoms. The van der Waals surface area contributed by atoms with E-state index in [0.717, 1.165) is 28.4 Å². The van der Waals surface area contributed by atoms with E-state index in [2.05, 4.69) is 19.8 Å². The van der Waals surface area contributed by atoms with Crippen LogP contribution in [0.2, 0.25) is 0 Å². The Balaban J connectivity index is 1.24. The minimum absolute atomic E-state index is 0.0784. The van der Waals surface area contributed by atoms with E-state index in [1.165, 1.54) is 24.1 Å². The number of esters is 1. The molecule has 0 radical (unpaired) electrons. The third-order valence-electron chi connectivity index (χ3n) is 6.99. The molecule has 3 aromatic rings. The molecule has 2 aromatic carbocycles. The molecule has 1 saturated heterocycles. The normalized spacial score (nSPS) is 14.4. The number of amides is 1. The second-order valence-corrected chi connectivity index (χ2v) is 12.6. The number of rotatable bonds is 14. The first kappa shape index (κ1) is 37.4. The van der Waals surface area contributed by atoms with Gasteiger partial charge < -0.3 is 19.4 Å². The first-order valence-electron chi connectivity index (χ1n) is 15.0. The third kappa shape index (κ3) is 10.1. The lowest BCUT2D eigenvalue weighted by atomic mass is 10.0. The van der Waals surface area contributed by atoms with Gasteiger partial charge in [0.2, 0.25) is 11.2 Å². The predicted molar refractivity (Wildman–Crippen MR) is 164 cm³/mol. The van der Waals surface area contributed by atoms with E-state index in [4.69, 9.17) is 9.57 Å². The van der Waals surface area contributed by atoms with Crippen molar-refractivity contribution in [3.05, 3.63) is 71.1 Å². The van der Waals surface area contributed by atoms with Crippen molar-refractivity contribution >= 4 is 28.1 Å². The Labute approximate surface area is 283 Å². The molecule has 50 heavy (non-hydrogen) atoms. The first-order valence-corrected chi connectivity index (χ1v) is 16.5. The third-order valence-corrected chi connectivity index (χ3v) is 8.38. The number of aromatic nitrogens is 2. The Kier molecular flexibility index (Phi) is 11.9. The molecule has 4 rings (SSSR count). The molecule has 1 aliphatic heterocycles. The SMILES string of the molecule is CCOC(=O)OC(C)O/N=[N+](\[O-])N1CC(COC(=O)CCC(=O)NS(=O)(=O)c2ccc(-n3nc(C(F)(F)F)cc3-c3ccc(C)cc3)cc2)C1. The zero-order chi connectivity index (χ0) is 36.6. The van der Waals surface area contributed by atoms with Crippen LogP contribution in [0, 0.1) is 18.0 Å². The maximum absolute atomic E-state index is 13.5. The van der Waals surface area contributed by atoms with Crippen molar-refractivity contribution in [2.24, 2.45) is 11.2 Å². The maximum Gasteiger partial charge on any atom is 0.511 e. The topological polar surface area (TPSA) is 194 Å². The number of nitrogens with zero attached hydrogens (tertiary/aromatic N) is 5. The van der Waals surface area contributed by atoms with Gasteiger partial charge in [-0.3, -0.25) is 14.4 Å². The van der Waals surface area contributed by atoms with Gasteiger partial charge >= 0.3 is 18.3 Å². The van der Waals surface area contributed by atoms with Crippen LogP contribution in [0.4, 0.5) is 18.0 Å². The molecule has 0 saturated carbocycles. The van der Waals surface area contributed by atoms with Gasteiger partial charge in [-0.05, 0) is 44.2 Å². The summed E-state index contributed by atoms with van der Waals surface area (Å²) in [5.74, 6) is -2.00. The summed E-state index contributed by atoms with van der Waals surface area (Å²) in [5.41, 5.74) is 0.490. The number of carbonyl (C=O) groups is 3. The fourth-order valence-electron chi connectivity index (χ4n) is 4.43. The number of aryl methyl sites for hydroxylation is 1. The van der Waals surface area contributed by atoms with Crippen molar-refractivity contribution in [3.63, 3.8) is 0 Å². The van der Waals surface area contributed by atoms with Crippen molar-refractivity contribution < 1.29 is 60.0 Å². The number of benzene rings is 2. The second kappa shape index (κ2) is 15.9. The molecule has 1 atom stereocenters. The van der Waals surface area contributed by atoms with Gasteiger partial charge in [-0.2, -0.15) is 18.3 Å². The number of alkyl halides is 3. The summed E-state index contributed by atoms with van der Waals surface area (Å²) >= 11 is 0. The highest BCUT2D eigenvalue weighted by molar-refractivity contribution is 7.90. The van der Waals surface area contributed by atoms with Gasteiger partial charge in [-0.15, -0.1) is 5.01 Å². The quantitative estimate of drug-likeness (QED) is 0.0817. The highest BCUT2D eigenvalue weighted by Gasteiger charge is 2.36. The minimum Gasteiger partial charge on any atom is -0.569 e. The van der Waals surface area contributed by atoms with Gasteiger partial charge in [0.15, 0.2) is 5.69 Å². The Morgan fingerprint density at radius 2 is 1.74 bits per heavy atom. The summed E-state index contributed by atoms with van der Waals surface area (Å²) in [6, 6.07) is 12.3. The van der Waals surface area contributed by atoms with E-state index in [1.54, 1.807) is 31.2 Å². The fraction of sp³-hybridized carbons (Fsp3) is 0.400. The van der Waals surface area contributed by atoms with E-state index in [-0.39, 0.29) is 53.5 Å². The molecule has 1 amide bonds. The van der Waals surface area contributed by atoms with Crippen molar-refractivity contribution in [1.82, 2.24) is 19.5 Å². The zero-order valence-corrected chi connectivity index (χ0v) is 27.8. The highest BCUT2D eigenvalue weighted by atomic mass is 32.2. The Bertz CT molecular complexity index is 1810. The van der Waals surface area contributed by atoms with E-state index >= 15 is 0 Å². The maximum atomic E-state index is 13.5. The van der Waals surface area contributed by atoms with Gasteiger partial charge in [-0.1, -0.05) is 29.8 Å². The van der Waals surface area contributed by atoms with Crippen LogP contribution in [0.25, 0.3) is 16.9 Å². The van der Waals surface area contributed by atoms with Crippen LogP contribution in [0.5, 0.6) is 0 Å². The molecule has 16 nitrogen and oxygen atoms in total. The molecule has 1 aromatic heterocycles. The number of nitrogens with one attached hydrogen (secondary N) is 1. The largest absolute Gasteiger partial charge is 0.569 e. The van der Waals surface area contributed by atoms with Crippen molar-refractivity contribution in [2.45, 2.75) is 51.0 Å². The van der Waals surface area contributed by atoms with Crippen LogP contribution < -0.4 is 4.72 Å². The van der Waals surface area contributed by atoms with Crippen LogP contribution in [0.3, 0.4) is 0 Å². The van der Waals surface area contributed by atoms with Gasteiger partial charge in [0.1, 0.15) is 0 Å². The predicted octanol–water partition coefficient (Wildman–Crippen LogP) is 4.25. The van der Waals surface area contributed by atoms with E-state index in [0.29, 0.717) is 5.56 Å². The summed E-state index contributed by atoms with van der Waals surface area (Å²) in [4.78, 5) is 40.2. The van der Waals surface area contributed by atoms with Gasteiger partial charge in [-0.25, -0.2) is 22.6 Å². The van der Waals surface area contributed by atoms with Crippen molar-refractivity contribution in [2.75, 3.05) is 26.3 Å². The van der Waals surface area contributed by atoms with Crippen molar-refractivity contribution in [1.29, 1.82) is 0 Å². The van der Waals surface area contributed by atoms with E-state index in [1.807, 2.05) is 11.6 Å². The Morgan fingerprint density at radius 1 is 1.08 bits per heavy atom. The van der Waals surface area contributed by atoms with Crippen LogP contribution in [0.15, 0.2) is 64.8 Å². The number of halogens is 3. The van der Waals surface area contributed by atoms with Gasteiger partial charge in [0.25, 0.3) is 16.3 Å². The standard InChI is InChI=1S/C30H33F3N6O10S/c1-4-46-29(42)48-20(3)49-36-39(43)37-16-21(17-37)18-47-28(41)14-13-27(40)35-50(44,45)24-11-9-23(10-12-24)38-25(15-26(34-38)30(31,32)33)22-7-5-19(2)6-8-22/h5-12,15,20-21H,4,13-14,16-18H2,1-3H3,(H,35,40)/b39-36-. The molecule has 1 aliphatic rings. The molecule has 0 aliphatic carbocycles. The molecule has 2 heterocycles. The monoisotopic (exact) mass is 726 g/mol. The Hall–Kier alpha value is -5.40. The molecule has 1 fully saturated rings. The molecular weight excluding hydrogens is 693 g/mol. The molecule has 270 valence electrons. The summed E-state index contributed by atoms with van der Waals surface area (Å²) in [7, 11) is -4.40. The summed E-state index contributed by atoms with van der Waals surface area (Å²) < 4.78 is 83.3. The number of carbonyl (C=O) groups excluding carboxylic acids is 3. The Morgan fingerprint density at radius 3 is 2.36 bits per heavy atom. The van der Waals surface area contributed by atoms with Gasteiger partial charge in [0, 0.05) is 24.8 Å². The molecule has 20 heteroatoms. The lowest BCUT2D eigenvalue weighted by Gasteiger charge is -2.33. The van der Waals surface area contributed by atoms with Gasteiger partial charge in [0.05, 0.1) is 54.0 Å². The number of hydrogen-bond donors (Lipinski definition) is 1. The number of hydrogen-bond acceptors (Lipinski definition) is 12. The molecule has 0 spiro atoms. The summed E-state index contributed by atoms with van der Waals surface area (Å²) in [6.45, 7) is 5.07. The highest BCUT2D eigenvalue weighted by Crippen LogP contribution is 2.33. The fourth-order valence-corrected chi connectivity index (χ4v) is 5.44. The summed E-state index contributed by atoms with van der Waals surface area (Å²) in [6.07, 6.45) is -7.84. The number of hydrazine groups is 1.